The number of fused-ring (bicyclic) bond motifs is 2. The molecule has 41 heavy (non-hydrogen) atoms. The molecule has 4 heterocycles. The Balaban J connectivity index is 0.000000360. The van der Waals surface area contributed by atoms with Crippen molar-refractivity contribution in [3.05, 3.63) is 60.6 Å². The molecule has 5 rings (SSSR count). The number of aromatic amines is 1. The summed E-state index contributed by atoms with van der Waals surface area (Å²) in [5.41, 5.74) is 15.0. The Labute approximate surface area is 230 Å². The average Bonchev–Trinajstić information content (AvgIpc) is 3.43. The molecule has 17 nitrogen and oxygen atoms in total. The summed E-state index contributed by atoms with van der Waals surface area (Å²) in [4.78, 5) is 65.0. The Morgan fingerprint density at radius 2 is 1.73 bits per heavy atom. The highest BCUT2D eigenvalue weighted by atomic mass is 16.4. The highest BCUT2D eigenvalue weighted by Crippen LogP contribution is 2.16. The Bertz CT molecular complexity index is 1660. The third kappa shape index (κ3) is 7.53. The zero-order valence-electron chi connectivity index (χ0n) is 21.2. The molecular formula is C24H24N12O5. The highest BCUT2D eigenvalue weighted by molar-refractivity contribution is 5.97. The number of carboxylic acid groups (broad SMARTS) is 2. The van der Waals surface area contributed by atoms with Gasteiger partial charge in [-0.25, -0.2) is 29.7 Å². The summed E-state index contributed by atoms with van der Waals surface area (Å²) < 4.78 is 0. The molecule has 9 N–H and O–H groups in total. The van der Waals surface area contributed by atoms with Crippen molar-refractivity contribution in [3.63, 3.8) is 0 Å². The molecule has 0 saturated heterocycles. The molecule has 0 bridgehead atoms. The lowest BCUT2D eigenvalue weighted by atomic mass is 10.1. The number of nitrogen functional groups attached to an aromatic ring is 2. The van der Waals surface area contributed by atoms with Crippen molar-refractivity contribution in [1.29, 1.82) is 0 Å². The number of amides is 1. The van der Waals surface area contributed by atoms with Gasteiger partial charge in [0, 0.05) is 17.7 Å². The van der Waals surface area contributed by atoms with E-state index >= 15 is 0 Å². The van der Waals surface area contributed by atoms with Crippen molar-refractivity contribution in [2.45, 2.75) is 25.4 Å². The van der Waals surface area contributed by atoms with Gasteiger partial charge in [-0.1, -0.05) is 0 Å². The van der Waals surface area contributed by atoms with E-state index in [9.17, 15) is 14.4 Å². The fourth-order valence-corrected chi connectivity index (χ4v) is 3.46. The number of nitrogens with two attached hydrogens (primary N) is 2. The molecule has 1 amide bonds. The molecule has 0 spiro atoms. The van der Waals surface area contributed by atoms with Crippen LogP contribution in [0.15, 0.2) is 49.3 Å². The fourth-order valence-electron chi connectivity index (χ4n) is 3.46. The number of carbonyl (C=O) groups is 3. The predicted octanol–water partition coefficient (Wildman–Crippen LogP) is 0.597. The van der Waals surface area contributed by atoms with E-state index in [2.05, 4.69) is 50.5 Å². The molecule has 0 aliphatic carbocycles. The normalized spacial score (nSPS) is 11.3. The standard InChI is InChI=1S/C19H20N8O5.C5H4N4/c20-15-14-16(27-19(21)26-15)23-8-11(24-14)7-22-10-3-1-9(2-4-10)17(30)25-12(18(31)32)5-6-13(28)29;1-4-5(8-2-6-1)9-3-7-4/h1-4,8,12,22H,5-7H2,(H,25,30)(H,28,29)(H,31,32)(H4,20,21,23,26,27);1-3H,(H,6,7,8,9). The Hall–Kier alpha value is -6.00. The number of H-pyrrole nitrogens is 1. The first-order valence-electron chi connectivity index (χ1n) is 11.9. The minimum atomic E-state index is -1.30. The first-order valence-corrected chi connectivity index (χ1v) is 11.9. The number of rotatable bonds is 9. The van der Waals surface area contributed by atoms with E-state index in [-0.39, 0.29) is 35.8 Å². The molecule has 0 fully saturated rings. The van der Waals surface area contributed by atoms with E-state index in [1.165, 1.54) is 24.7 Å². The Kier molecular flexibility index (Phi) is 8.68. The van der Waals surface area contributed by atoms with Gasteiger partial charge in [-0.15, -0.1) is 0 Å². The van der Waals surface area contributed by atoms with Crippen LogP contribution >= 0.6 is 0 Å². The van der Waals surface area contributed by atoms with E-state index < -0.39 is 23.9 Å². The smallest absolute Gasteiger partial charge is 0.326 e. The molecule has 1 unspecified atom stereocenters. The second kappa shape index (κ2) is 12.7. The number of benzene rings is 1. The number of anilines is 3. The van der Waals surface area contributed by atoms with Crippen LogP contribution in [-0.4, -0.2) is 74.0 Å². The lowest BCUT2D eigenvalue weighted by molar-refractivity contribution is -0.140. The van der Waals surface area contributed by atoms with Crippen LogP contribution in [0.4, 0.5) is 17.5 Å². The van der Waals surface area contributed by atoms with Crippen LogP contribution in [0.3, 0.4) is 0 Å². The summed E-state index contributed by atoms with van der Waals surface area (Å²) in [7, 11) is 0. The van der Waals surface area contributed by atoms with Gasteiger partial charge in [0.05, 0.1) is 31.0 Å². The van der Waals surface area contributed by atoms with Gasteiger partial charge in [0.25, 0.3) is 5.91 Å². The number of nitrogens with one attached hydrogen (secondary N) is 3. The SMILES string of the molecule is Nc1nc(N)c2nc(CNc3ccc(C(=O)NC(CCC(=O)O)C(=O)O)cc3)cnc2n1.c1ncc2[nH]cnc2n1. The van der Waals surface area contributed by atoms with Crippen molar-refractivity contribution in [3.8, 4) is 0 Å². The first-order chi connectivity index (χ1) is 19.7. The maximum absolute atomic E-state index is 12.3. The van der Waals surface area contributed by atoms with Crippen LogP contribution in [0.2, 0.25) is 0 Å². The number of carboxylic acids is 2. The maximum atomic E-state index is 12.3. The van der Waals surface area contributed by atoms with Crippen molar-refractivity contribution in [2.24, 2.45) is 0 Å². The molecule has 210 valence electrons. The highest BCUT2D eigenvalue weighted by Gasteiger charge is 2.21. The van der Waals surface area contributed by atoms with E-state index in [4.69, 9.17) is 21.7 Å². The van der Waals surface area contributed by atoms with Crippen LogP contribution in [0.1, 0.15) is 28.9 Å². The predicted molar refractivity (Wildman–Crippen MR) is 145 cm³/mol. The third-order valence-electron chi connectivity index (χ3n) is 5.47. The lowest BCUT2D eigenvalue weighted by Crippen LogP contribution is -2.41. The van der Waals surface area contributed by atoms with Crippen LogP contribution in [0.5, 0.6) is 0 Å². The lowest BCUT2D eigenvalue weighted by Gasteiger charge is -2.14. The number of nitrogens with zero attached hydrogens (tertiary/aromatic N) is 7. The molecule has 5 aromatic rings. The number of imidazole rings is 1. The summed E-state index contributed by atoms with van der Waals surface area (Å²) in [6.45, 7) is 0.300. The summed E-state index contributed by atoms with van der Waals surface area (Å²) in [5, 5.41) is 23.3. The fraction of sp³-hybridized carbons (Fsp3) is 0.167. The quantitative estimate of drug-likeness (QED) is 0.130. The Morgan fingerprint density at radius 3 is 2.44 bits per heavy atom. The minimum absolute atomic E-state index is 0.0101. The van der Waals surface area contributed by atoms with Crippen molar-refractivity contribution >= 4 is 57.6 Å². The number of aliphatic carboxylic acids is 2. The van der Waals surface area contributed by atoms with Gasteiger partial charge >= 0.3 is 11.9 Å². The van der Waals surface area contributed by atoms with Crippen molar-refractivity contribution < 1.29 is 24.6 Å². The molecular weight excluding hydrogens is 536 g/mol. The summed E-state index contributed by atoms with van der Waals surface area (Å²) >= 11 is 0. The number of hydrogen-bond donors (Lipinski definition) is 7. The molecule has 0 aliphatic rings. The third-order valence-corrected chi connectivity index (χ3v) is 5.47. The molecule has 0 saturated carbocycles. The van der Waals surface area contributed by atoms with E-state index in [1.807, 2.05) is 0 Å². The van der Waals surface area contributed by atoms with Gasteiger partial charge in [-0.3, -0.25) is 9.59 Å². The maximum Gasteiger partial charge on any atom is 0.326 e. The largest absolute Gasteiger partial charge is 0.481 e. The first kappa shape index (κ1) is 28.0. The molecule has 17 heteroatoms. The second-order valence-electron chi connectivity index (χ2n) is 8.39. The van der Waals surface area contributed by atoms with Gasteiger partial charge in [0.15, 0.2) is 22.6 Å². The average molecular weight is 561 g/mol. The monoisotopic (exact) mass is 560 g/mol. The molecule has 1 aromatic carbocycles. The van der Waals surface area contributed by atoms with Crippen molar-refractivity contribution in [1.82, 2.24) is 45.2 Å². The molecule has 4 aromatic heterocycles. The molecule has 0 radical (unpaired) electrons. The van der Waals surface area contributed by atoms with Gasteiger partial charge < -0.3 is 37.3 Å². The van der Waals surface area contributed by atoms with Crippen LogP contribution in [0.25, 0.3) is 22.3 Å². The summed E-state index contributed by atoms with van der Waals surface area (Å²) in [6, 6.07) is 4.99. The van der Waals surface area contributed by atoms with Gasteiger partial charge in [-0.2, -0.15) is 9.97 Å². The molecule has 0 aliphatic heterocycles. The van der Waals surface area contributed by atoms with Gasteiger partial charge in [-0.05, 0) is 30.7 Å². The van der Waals surface area contributed by atoms with Crippen LogP contribution in [0, 0.1) is 0 Å². The number of carbonyl (C=O) groups excluding carboxylic acids is 1. The number of aromatic nitrogens is 8. The minimum Gasteiger partial charge on any atom is -0.481 e. The van der Waals surface area contributed by atoms with E-state index in [0.717, 1.165) is 5.52 Å². The van der Waals surface area contributed by atoms with E-state index in [1.54, 1.807) is 24.7 Å². The summed E-state index contributed by atoms with van der Waals surface area (Å²) in [5.74, 6) is -2.93. The van der Waals surface area contributed by atoms with Gasteiger partial charge in [0.1, 0.15) is 17.9 Å². The number of hydrogen-bond acceptors (Lipinski definition) is 13. The van der Waals surface area contributed by atoms with E-state index in [0.29, 0.717) is 29.1 Å². The topological polar surface area (TPSA) is 274 Å². The molecule has 1 atom stereocenters. The van der Waals surface area contributed by atoms with Gasteiger partial charge in [0.2, 0.25) is 5.95 Å². The second-order valence-corrected chi connectivity index (χ2v) is 8.39. The Morgan fingerprint density at radius 1 is 0.951 bits per heavy atom. The zero-order chi connectivity index (χ0) is 29.4. The zero-order valence-corrected chi connectivity index (χ0v) is 21.2. The van der Waals surface area contributed by atoms with Crippen molar-refractivity contribution in [2.75, 3.05) is 16.8 Å². The van der Waals surface area contributed by atoms with Crippen LogP contribution in [-0.2, 0) is 16.1 Å². The summed E-state index contributed by atoms with van der Waals surface area (Å²) in [6.07, 6.45) is 5.69. The van der Waals surface area contributed by atoms with Crippen LogP contribution < -0.4 is 22.1 Å².